The summed E-state index contributed by atoms with van der Waals surface area (Å²) in [6.07, 6.45) is 1.68. The highest BCUT2D eigenvalue weighted by Crippen LogP contribution is 2.25. The van der Waals surface area contributed by atoms with Crippen LogP contribution in [-0.4, -0.2) is 15.9 Å². The number of amides is 1. The summed E-state index contributed by atoms with van der Waals surface area (Å²) >= 11 is 4.48. The van der Waals surface area contributed by atoms with Crippen LogP contribution in [-0.2, 0) is 0 Å². The summed E-state index contributed by atoms with van der Waals surface area (Å²) in [5, 5.41) is 4.97. The van der Waals surface area contributed by atoms with Crippen LogP contribution in [0.2, 0.25) is 0 Å². The van der Waals surface area contributed by atoms with Crippen LogP contribution >= 0.6 is 27.3 Å². The number of hydrogen-bond donors (Lipinski definition) is 1. The molecule has 0 aliphatic rings. The zero-order chi connectivity index (χ0) is 15.5. The van der Waals surface area contributed by atoms with Gasteiger partial charge in [-0.3, -0.25) is 15.1 Å². The molecule has 0 atom stereocenters. The third-order valence-corrected chi connectivity index (χ3v) is 4.24. The molecule has 1 aromatic carbocycles. The molecule has 4 nitrogen and oxygen atoms in total. The second kappa shape index (κ2) is 6.33. The fraction of sp³-hybridized carbons (Fsp3) is 0. The second-order valence-electron chi connectivity index (χ2n) is 4.33. The fourth-order valence-corrected chi connectivity index (χ4v) is 3.03. The Kier molecular flexibility index (Phi) is 4.26. The number of rotatable bonds is 3. The van der Waals surface area contributed by atoms with E-state index in [2.05, 4.69) is 31.2 Å². The molecule has 0 unspecified atom stereocenters. The van der Waals surface area contributed by atoms with E-state index in [1.165, 1.54) is 29.5 Å². The van der Waals surface area contributed by atoms with E-state index < -0.39 is 5.82 Å². The van der Waals surface area contributed by atoms with Gasteiger partial charge in [0.1, 0.15) is 11.5 Å². The third-order valence-electron chi connectivity index (χ3n) is 2.83. The minimum Gasteiger partial charge on any atom is -0.298 e. The highest BCUT2D eigenvalue weighted by molar-refractivity contribution is 9.10. The largest absolute Gasteiger partial charge is 0.298 e. The third kappa shape index (κ3) is 3.20. The van der Waals surface area contributed by atoms with Gasteiger partial charge in [0.15, 0.2) is 5.13 Å². The Morgan fingerprint density at radius 3 is 2.82 bits per heavy atom. The maximum atomic E-state index is 13.0. The molecule has 22 heavy (non-hydrogen) atoms. The number of hydrogen-bond acceptors (Lipinski definition) is 4. The molecule has 7 heteroatoms. The van der Waals surface area contributed by atoms with Crippen molar-refractivity contribution in [3.05, 3.63) is 63.8 Å². The minimum absolute atomic E-state index is 0.344. The lowest BCUT2D eigenvalue weighted by atomic mass is 10.2. The summed E-state index contributed by atoms with van der Waals surface area (Å²) < 4.78 is 13.4. The molecule has 2 heterocycles. The van der Waals surface area contributed by atoms with E-state index in [0.29, 0.717) is 20.9 Å². The Morgan fingerprint density at radius 2 is 2.09 bits per heavy atom. The number of benzene rings is 1. The molecule has 3 rings (SSSR count). The molecule has 0 saturated carbocycles. The Labute approximate surface area is 138 Å². The quantitative estimate of drug-likeness (QED) is 0.737. The highest BCUT2D eigenvalue weighted by atomic mass is 79.9. The van der Waals surface area contributed by atoms with Crippen molar-refractivity contribution < 1.29 is 9.18 Å². The number of carbonyl (C=O) groups is 1. The van der Waals surface area contributed by atoms with Gasteiger partial charge in [-0.2, -0.15) is 0 Å². The number of halogens is 2. The molecule has 0 bridgehead atoms. The maximum Gasteiger partial charge on any atom is 0.258 e. The van der Waals surface area contributed by atoms with Gasteiger partial charge in [-0.15, -0.1) is 11.3 Å². The van der Waals surface area contributed by atoms with Gasteiger partial charge in [0.25, 0.3) is 5.91 Å². The molecular weight excluding hydrogens is 369 g/mol. The normalized spacial score (nSPS) is 10.5. The van der Waals surface area contributed by atoms with Crippen LogP contribution in [0.3, 0.4) is 0 Å². The van der Waals surface area contributed by atoms with Crippen molar-refractivity contribution in [1.29, 1.82) is 0 Å². The zero-order valence-corrected chi connectivity index (χ0v) is 13.5. The van der Waals surface area contributed by atoms with Gasteiger partial charge >= 0.3 is 0 Å². The summed E-state index contributed by atoms with van der Waals surface area (Å²) in [5.74, 6) is -0.760. The second-order valence-corrected chi connectivity index (χ2v) is 6.04. The van der Waals surface area contributed by atoms with Crippen molar-refractivity contribution in [1.82, 2.24) is 9.97 Å². The lowest BCUT2D eigenvalue weighted by Crippen LogP contribution is -2.12. The maximum absolute atomic E-state index is 13.0. The van der Waals surface area contributed by atoms with Gasteiger partial charge in [-0.25, -0.2) is 9.37 Å². The number of thiazole rings is 1. The zero-order valence-electron chi connectivity index (χ0n) is 11.1. The molecule has 110 valence electrons. The summed E-state index contributed by atoms with van der Waals surface area (Å²) in [7, 11) is 0. The molecule has 1 amide bonds. The fourth-order valence-electron chi connectivity index (χ4n) is 1.80. The topological polar surface area (TPSA) is 54.9 Å². The number of nitrogens with zero attached hydrogens (tertiary/aromatic N) is 2. The molecule has 0 spiro atoms. The molecule has 0 aliphatic heterocycles. The summed E-state index contributed by atoms with van der Waals surface area (Å²) in [6.45, 7) is 0. The first-order valence-electron chi connectivity index (χ1n) is 6.27. The van der Waals surface area contributed by atoms with Gasteiger partial charge in [0.05, 0.1) is 11.3 Å². The summed E-state index contributed by atoms with van der Waals surface area (Å²) in [4.78, 5) is 20.7. The van der Waals surface area contributed by atoms with Gasteiger partial charge in [0.2, 0.25) is 0 Å². The number of pyridine rings is 1. The molecule has 0 aliphatic carbocycles. The van der Waals surface area contributed by atoms with E-state index in [-0.39, 0.29) is 5.91 Å². The number of anilines is 1. The first kappa shape index (κ1) is 14.8. The molecule has 0 saturated heterocycles. The lowest BCUT2D eigenvalue weighted by Gasteiger charge is -2.04. The Balaban J connectivity index is 1.79. The molecular formula is C15H9BrFN3OS. The number of nitrogens with one attached hydrogen (secondary N) is 1. The van der Waals surface area contributed by atoms with Crippen LogP contribution in [0, 0.1) is 5.82 Å². The van der Waals surface area contributed by atoms with E-state index in [4.69, 9.17) is 0 Å². The number of carbonyl (C=O) groups excluding carboxylic acids is 1. The Bertz CT molecular complexity index is 823. The highest BCUT2D eigenvalue weighted by Gasteiger charge is 2.13. The first-order chi connectivity index (χ1) is 10.6. The van der Waals surface area contributed by atoms with Crippen LogP contribution in [0.5, 0.6) is 0 Å². The van der Waals surface area contributed by atoms with E-state index in [1.54, 1.807) is 6.20 Å². The Morgan fingerprint density at radius 1 is 1.23 bits per heavy atom. The van der Waals surface area contributed by atoms with E-state index in [0.717, 1.165) is 5.69 Å². The van der Waals surface area contributed by atoms with Crippen LogP contribution in [0.1, 0.15) is 10.4 Å². The predicted octanol–water partition coefficient (Wildman–Crippen LogP) is 4.36. The first-order valence-corrected chi connectivity index (χ1v) is 7.94. The van der Waals surface area contributed by atoms with Crippen molar-refractivity contribution in [2.75, 3.05) is 5.32 Å². The van der Waals surface area contributed by atoms with Crippen LogP contribution in [0.4, 0.5) is 9.52 Å². The van der Waals surface area contributed by atoms with Crippen molar-refractivity contribution in [3.63, 3.8) is 0 Å². The van der Waals surface area contributed by atoms with Crippen molar-refractivity contribution in [2.45, 2.75) is 0 Å². The van der Waals surface area contributed by atoms with Crippen molar-refractivity contribution >= 4 is 38.3 Å². The van der Waals surface area contributed by atoms with Gasteiger partial charge in [-0.1, -0.05) is 6.07 Å². The average molecular weight is 378 g/mol. The SMILES string of the molecule is O=C(Nc1nc(-c2ccccn2)cs1)c1ccc(F)cc1Br. The van der Waals surface area contributed by atoms with Gasteiger partial charge < -0.3 is 0 Å². The molecule has 0 radical (unpaired) electrons. The van der Waals surface area contributed by atoms with E-state index >= 15 is 0 Å². The summed E-state index contributed by atoms with van der Waals surface area (Å²) in [6, 6.07) is 9.44. The Hall–Kier alpha value is -2.12. The summed E-state index contributed by atoms with van der Waals surface area (Å²) in [5.41, 5.74) is 1.78. The molecule has 1 N–H and O–H groups in total. The van der Waals surface area contributed by atoms with E-state index in [1.807, 2.05) is 23.6 Å². The average Bonchev–Trinajstić information content (AvgIpc) is 2.96. The monoisotopic (exact) mass is 377 g/mol. The standard InChI is InChI=1S/C15H9BrFN3OS/c16-11-7-9(17)4-5-10(11)14(21)20-15-19-13(8-22-15)12-3-1-2-6-18-12/h1-8H,(H,19,20,21). The smallest absolute Gasteiger partial charge is 0.258 e. The van der Waals surface area contributed by atoms with Crippen LogP contribution in [0.25, 0.3) is 11.4 Å². The lowest BCUT2D eigenvalue weighted by molar-refractivity contribution is 0.102. The van der Waals surface area contributed by atoms with Gasteiger partial charge in [-0.05, 0) is 46.3 Å². The van der Waals surface area contributed by atoms with Gasteiger partial charge in [0, 0.05) is 16.0 Å². The molecule has 3 aromatic rings. The molecule has 0 fully saturated rings. The van der Waals surface area contributed by atoms with Crippen molar-refractivity contribution in [2.24, 2.45) is 0 Å². The minimum atomic E-state index is -0.407. The van der Waals surface area contributed by atoms with Crippen molar-refractivity contribution in [3.8, 4) is 11.4 Å². The molecule has 2 aromatic heterocycles. The van der Waals surface area contributed by atoms with Crippen LogP contribution < -0.4 is 5.32 Å². The number of aromatic nitrogens is 2. The predicted molar refractivity (Wildman–Crippen MR) is 87.4 cm³/mol. The van der Waals surface area contributed by atoms with E-state index in [9.17, 15) is 9.18 Å². The van der Waals surface area contributed by atoms with Crippen LogP contribution in [0.15, 0.2) is 52.4 Å².